The lowest BCUT2D eigenvalue weighted by atomic mass is 9.96. The number of ketones is 1. The van der Waals surface area contributed by atoms with E-state index in [1.807, 2.05) is 65.7 Å². The maximum absolute atomic E-state index is 13.3. The van der Waals surface area contributed by atoms with Gasteiger partial charge in [0.15, 0.2) is 0 Å². The van der Waals surface area contributed by atoms with Gasteiger partial charge in [-0.1, -0.05) is 74.3 Å². The summed E-state index contributed by atoms with van der Waals surface area (Å²) in [5, 5.41) is 6.66. The van der Waals surface area contributed by atoms with Crippen LogP contribution in [0.4, 0.5) is 0 Å². The Kier molecular flexibility index (Phi) is 4.76. The summed E-state index contributed by atoms with van der Waals surface area (Å²) in [5.74, 6) is 0.647. The smallest absolute Gasteiger partial charge is 0.251 e. The summed E-state index contributed by atoms with van der Waals surface area (Å²) in [6, 6.07) is 23.3. The van der Waals surface area contributed by atoms with E-state index in [0.29, 0.717) is 5.56 Å². The first kappa shape index (κ1) is 18.6. The van der Waals surface area contributed by atoms with Crippen molar-refractivity contribution in [2.45, 2.75) is 18.7 Å². The highest BCUT2D eigenvalue weighted by atomic mass is 79.9. The van der Waals surface area contributed by atoms with E-state index in [-0.39, 0.29) is 11.8 Å². The first-order valence-electron chi connectivity index (χ1n) is 9.27. The van der Waals surface area contributed by atoms with Crippen molar-refractivity contribution >= 4 is 43.4 Å². The average Bonchev–Trinajstić information content (AvgIpc) is 3.19. The Morgan fingerprint density at radius 3 is 2.31 bits per heavy atom. The van der Waals surface area contributed by atoms with Crippen LogP contribution in [-0.4, -0.2) is 22.7 Å². The van der Waals surface area contributed by atoms with Crippen LogP contribution in [0.2, 0.25) is 0 Å². The Hall–Kier alpha value is -2.44. The summed E-state index contributed by atoms with van der Waals surface area (Å²) in [5.41, 5.74) is 3.66. The second-order valence-electron chi connectivity index (χ2n) is 7.03. The van der Waals surface area contributed by atoms with Crippen LogP contribution < -0.4 is 4.74 Å². The Balaban J connectivity index is 1.55. The minimum absolute atomic E-state index is 0.0250. The summed E-state index contributed by atoms with van der Waals surface area (Å²) in [6.07, 6.45) is -0.0596. The number of nitrogens with zero attached hydrogens (tertiary/aromatic N) is 2. The second kappa shape index (κ2) is 7.43. The van der Waals surface area contributed by atoms with Crippen molar-refractivity contribution in [1.82, 2.24) is 5.01 Å². The summed E-state index contributed by atoms with van der Waals surface area (Å²) >= 11 is 6.90. The van der Waals surface area contributed by atoms with Crippen LogP contribution in [0.25, 0.3) is 0 Å². The molecule has 3 aromatic rings. The van der Waals surface area contributed by atoms with Gasteiger partial charge in [0.1, 0.15) is 5.75 Å². The van der Waals surface area contributed by atoms with E-state index in [1.165, 1.54) is 0 Å². The Morgan fingerprint density at radius 1 is 0.931 bits per heavy atom. The van der Waals surface area contributed by atoms with E-state index in [4.69, 9.17) is 9.84 Å². The number of para-hydroxylation sites is 1. The molecule has 0 fully saturated rings. The van der Waals surface area contributed by atoms with Crippen LogP contribution in [0.5, 0.6) is 5.75 Å². The fourth-order valence-electron chi connectivity index (χ4n) is 3.78. The Bertz CT molecular complexity index is 1110. The van der Waals surface area contributed by atoms with Gasteiger partial charge in [-0.25, -0.2) is 5.01 Å². The largest absolute Gasteiger partial charge is 0.461 e. The maximum Gasteiger partial charge on any atom is 0.251 e. The number of hydrogen-bond donors (Lipinski definition) is 0. The number of rotatable bonds is 3. The number of fused-ring (bicyclic) bond motifs is 3. The van der Waals surface area contributed by atoms with Gasteiger partial charge in [-0.05, 0) is 35.9 Å². The van der Waals surface area contributed by atoms with Crippen LogP contribution in [-0.2, 0) is 0 Å². The molecule has 0 aliphatic carbocycles. The minimum atomic E-state index is -0.788. The van der Waals surface area contributed by atoms with E-state index in [0.717, 1.165) is 38.0 Å². The molecule has 4 nitrogen and oxygen atoms in total. The molecule has 2 atom stereocenters. The zero-order valence-corrected chi connectivity index (χ0v) is 18.4. The molecule has 0 N–H and O–H groups in total. The molecule has 5 rings (SSSR count). The zero-order chi connectivity index (χ0) is 20.0. The van der Waals surface area contributed by atoms with Crippen LogP contribution in [0.3, 0.4) is 0 Å². The summed E-state index contributed by atoms with van der Waals surface area (Å²) in [7, 11) is 0. The van der Waals surface area contributed by atoms with Crippen LogP contribution in [0, 0.1) is 0 Å². The monoisotopic (exact) mass is 510 g/mol. The number of hydrogen-bond acceptors (Lipinski definition) is 4. The van der Waals surface area contributed by atoms with E-state index >= 15 is 0 Å². The molecule has 0 aromatic heterocycles. The number of ether oxygens (including phenoxy) is 1. The van der Waals surface area contributed by atoms with Gasteiger partial charge in [-0.15, -0.1) is 0 Å². The molecule has 2 aliphatic rings. The lowest BCUT2D eigenvalue weighted by Crippen LogP contribution is -2.45. The molecule has 0 radical (unpaired) electrons. The predicted octanol–water partition coefficient (Wildman–Crippen LogP) is 5.96. The highest BCUT2D eigenvalue weighted by Gasteiger charge is 2.43. The summed E-state index contributed by atoms with van der Waals surface area (Å²) in [6.45, 7) is 0. The van der Waals surface area contributed by atoms with Crippen molar-refractivity contribution in [3.05, 3.63) is 98.4 Å². The lowest BCUT2D eigenvalue weighted by molar-refractivity contribution is -0.00455. The van der Waals surface area contributed by atoms with Gasteiger partial charge in [0.05, 0.1) is 11.8 Å². The van der Waals surface area contributed by atoms with Gasteiger partial charge in [-0.3, -0.25) is 4.79 Å². The summed E-state index contributed by atoms with van der Waals surface area (Å²) < 4.78 is 8.10. The Morgan fingerprint density at radius 2 is 1.59 bits per heavy atom. The summed E-state index contributed by atoms with van der Waals surface area (Å²) in [4.78, 5) is 13.3. The molecule has 6 heteroatoms. The molecular weight excluding hydrogens is 496 g/mol. The van der Waals surface area contributed by atoms with Crippen molar-refractivity contribution in [3.63, 3.8) is 0 Å². The molecule has 144 valence electrons. The van der Waals surface area contributed by atoms with Crippen molar-refractivity contribution in [2.75, 3.05) is 0 Å². The minimum Gasteiger partial charge on any atom is -0.461 e. The van der Waals surface area contributed by atoms with Gasteiger partial charge in [-0.2, -0.15) is 5.10 Å². The third kappa shape index (κ3) is 3.40. The van der Waals surface area contributed by atoms with Gasteiger partial charge in [0.2, 0.25) is 5.78 Å². The number of benzene rings is 3. The highest BCUT2D eigenvalue weighted by molar-refractivity contribution is 9.10. The average molecular weight is 512 g/mol. The number of carbonyl (C=O) groups excluding carboxylic acids is 1. The van der Waals surface area contributed by atoms with Gasteiger partial charge in [0.25, 0.3) is 6.23 Å². The molecule has 2 heterocycles. The maximum atomic E-state index is 13.3. The molecule has 29 heavy (non-hydrogen) atoms. The molecule has 0 saturated heterocycles. The van der Waals surface area contributed by atoms with Crippen LogP contribution in [0.1, 0.15) is 33.9 Å². The number of Topliss-reactive ketones (excluding diaryl/α,β-unsaturated/α-hetero) is 1. The molecule has 0 amide bonds. The fraction of sp³-hybridized carbons (Fsp3) is 0.130. The SMILES string of the molecule is O=C(c1ccc(Br)cc1)C1Oc2ccccc2C2CC(c3ccc(Br)cc3)=NN12. The number of carbonyl (C=O) groups is 1. The fourth-order valence-corrected chi connectivity index (χ4v) is 4.31. The normalized spacial score (nSPS) is 19.8. The standard InChI is InChI=1S/C23H16Br2N2O2/c24-16-9-5-14(6-10-16)19-13-20-18-3-1-2-4-21(18)29-23(27(20)26-19)22(28)15-7-11-17(25)12-8-15/h1-12,20,23H,13H2. The van der Waals surface area contributed by atoms with E-state index in [9.17, 15) is 4.79 Å². The molecular formula is C23H16Br2N2O2. The topological polar surface area (TPSA) is 41.9 Å². The lowest BCUT2D eigenvalue weighted by Gasteiger charge is -2.37. The first-order chi connectivity index (χ1) is 14.1. The first-order valence-corrected chi connectivity index (χ1v) is 10.9. The van der Waals surface area contributed by atoms with Crippen LogP contribution >= 0.6 is 31.9 Å². The van der Waals surface area contributed by atoms with Gasteiger partial charge in [0, 0.05) is 26.5 Å². The van der Waals surface area contributed by atoms with E-state index in [1.54, 1.807) is 12.1 Å². The van der Waals surface area contributed by atoms with Gasteiger partial charge >= 0.3 is 0 Å². The van der Waals surface area contributed by atoms with Crippen molar-refractivity contribution < 1.29 is 9.53 Å². The second-order valence-corrected chi connectivity index (χ2v) is 8.86. The predicted molar refractivity (Wildman–Crippen MR) is 119 cm³/mol. The number of halogens is 2. The third-order valence-corrected chi connectivity index (χ3v) is 6.29. The molecule has 0 spiro atoms. The molecule has 0 bridgehead atoms. The van der Waals surface area contributed by atoms with Crippen molar-refractivity contribution in [1.29, 1.82) is 0 Å². The molecule has 2 aliphatic heterocycles. The van der Waals surface area contributed by atoms with E-state index < -0.39 is 6.23 Å². The zero-order valence-electron chi connectivity index (χ0n) is 15.3. The molecule has 2 unspecified atom stereocenters. The third-order valence-electron chi connectivity index (χ3n) is 5.23. The number of hydrazone groups is 1. The highest BCUT2D eigenvalue weighted by Crippen LogP contribution is 2.43. The quantitative estimate of drug-likeness (QED) is 0.407. The van der Waals surface area contributed by atoms with Crippen molar-refractivity contribution in [2.24, 2.45) is 5.10 Å². The van der Waals surface area contributed by atoms with E-state index in [2.05, 4.69) is 31.9 Å². The molecule has 0 saturated carbocycles. The van der Waals surface area contributed by atoms with Crippen LogP contribution in [0.15, 0.2) is 86.8 Å². The van der Waals surface area contributed by atoms with Crippen molar-refractivity contribution in [3.8, 4) is 5.75 Å². The molecule has 3 aromatic carbocycles. The van der Waals surface area contributed by atoms with Gasteiger partial charge < -0.3 is 4.74 Å². The Labute approximate surface area is 185 Å².